The van der Waals surface area contributed by atoms with Crippen molar-refractivity contribution in [2.45, 2.75) is 33.2 Å². The summed E-state index contributed by atoms with van der Waals surface area (Å²) < 4.78 is 0. The summed E-state index contributed by atoms with van der Waals surface area (Å²) in [6.07, 6.45) is 1.12. The third kappa shape index (κ3) is 2.47. The van der Waals surface area contributed by atoms with Crippen molar-refractivity contribution in [3.8, 4) is 0 Å². The summed E-state index contributed by atoms with van der Waals surface area (Å²) in [6.45, 7) is 8.24. The standard InChI is InChI=1S/C11H22N2O/c1-9(12(4)5)10(14)13-7-6-11(2,3)8-13/h9H,6-8H2,1-5H3/t9-/m1/s1. The second-order valence-electron chi connectivity index (χ2n) is 5.31. The number of nitrogens with zero attached hydrogens (tertiary/aromatic N) is 2. The summed E-state index contributed by atoms with van der Waals surface area (Å²) in [4.78, 5) is 15.9. The van der Waals surface area contributed by atoms with Crippen molar-refractivity contribution in [3.05, 3.63) is 0 Å². The fourth-order valence-electron chi connectivity index (χ4n) is 1.79. The fraction of sp³-hybridized carbons (Fsp3) is 0.909. The largest absolute Gasteiger partial charge is 0.341 e. The Hall–Kier alpha value is -0.570. The number of hydrogen-bond acceptors (Lipinski definition) is 2. The molecular weight excluding hydrogens is 176 g/mol. The highest BCUT2D eigenvalue weighted by Gasteiger charge is 2.33. The molecule has 1 aliphatic rings. The van der Waals surface area contributed by atoms with Gasteiger partial charge in [-0.25, -0.2) is 0 Å². The maximum absolute atomic E-state index is 12.0. The fourth-order valence-corrected chi connectivity index (χ4v) is 1.79. The second-order valence-corrected chi connectivity index (χ2v) is 5.31. The van der Waals surface area contributed by atoms with Gasteiger partial charge in [0.2, 0.25) is 5.91 Å². The minimum absolute atomic E-state index is 0.00361. The van der Waals surface area contributed by atoms with Gasteiger partial charge in [0.05, 0.1) is 6.04 Å². The Kier molecular flexibility index (Phi) is 3.20. The van der Waals surface area contributed by atoms with Crippen LogP contribution in [0, 0.1) is 5.41 Å². The average Bonchev–Trinajstić information content (AvgIpc) is 2.43. The molecule has 3 heteroatoms. The monoisotopic (exact) mass is 198 g/mol. The lowest BCUT2D eigenvalue weighted by atomic mass is 9.93. The van der Waals surface area contributed by atoms with Gasteiger partial charge in [0.15, 0.2) is 0 Å². The van der Waals surface area contributed by atoms with E-state index in [2.05, 4.69) is 13.8 Å². The Morgan fingerprint density at radius 2 is 2.00 bits per heavy atom. The van der Waals surface area contributed by atoms with E-state index in [1.54, 1.807) is 0 Å². The molecule has 1 rings (SSSR count). The lowest BCUT2D eigenvalue weighted by molar-refractivity contribution is -0.134. The summed E-state index contributed by atoms with van der Waals surface area (Å²) in [7, 11) is 3.90. The molecular formula is C11H22N2O. The van der Waals surface area contributed by atoms with Crippen molar-refractivity contribution >= 4 is 5.91 Å². The summed E-state index contributed by atoms with van der Waals surface area (Å²) in [6, 6.07) is 0.00361. The molecule has 1 atom stereocenters. The maximum Gasteiger partial charge on any atom is 0.239 e. The Morgan fingerprint density at radius 1 is 1.43 bits per heavy atom. The molecule has 1 amide bonds. The summed E-state index contributed by atoms with van der Waals surface area (Å²) in [5, 5.41) is 0. The zero-order valence-electron chi connectivity index (χ0n) is 10.0. The van der Waals surface area contributed by atoms with Crippen molar-refractivity contribution in [1.82, 2.24) is 9.80 Å². The van der Waals surface area contributed by atoms with Crippen LogP contribution in [0.5, 0.6) is 0 Å². The van der Waals surface area contributed by atoms with E-state index < -0.39 is 0 Å². The van der Waals surface area contributed by atoms with E-state index in [9.17, 15) is 4.79 Å². The molecule has 82 valence electrons. The Morgan fingerprint density at radius 3 is 2.36 bits per heavy atom. The van der Waals surface area contributed by atoms with Gasteiger partial charge in [-0.1, -0.05) is 13.8 Å². The highest BCUT2D eigenvalue weighted by Crippen LogP contribution is 2.29. The molecule has 0 saturated carbocycles. The van der Waals surface area contributed by atoms with E-state index in [0.717, 1.165) is 19.5 Å². The van der Waals surface area contributed by atoms with Crippen molar-refractivity contribution in [2.24, 2.45) is 5.41 Å². The van der Waals surface area contributed by atoms with Crippen molar-refractivity contribution in [3.63, 3.8) is 0 Å². The van der Waals surface area contributed by atoms with Gasteiger partial charge in [0.25, 0.3) is 0 Å². The number of carbonyl (C=O) groups is 1. The number of rotatable bonds is 2. The molecule has 1 aliphatic heterocycles. The van der Waals surface area contributed by atoms with Crippen LogP contribution in [0.4, 0.5) is 0 Å². The summed E-state index contributed by atoms with van der Waals surface area (Å²) >= 11 is 0. The number of amides is 1. The lowest BCUT2D eigenvalue weighted by Gasteiger charge is -2.26. The quantitative estimate of drug-likeness (QED) is 0.665. The molecule has 1 heterocycles. The number of likely N-dealkylation sites (N-methyl/N-ethyl adjacent to an activating group) is 1. The average molecular weight is 198 g/mol. The van der Waals surface area contributed by atoms with Crippen molar-refractivity contribution in [2.75, 3.05) is 27.2 Å². The van der Waals surface area contributed by atoms with Crippen LogP contribution in [-0.2, 0) is 4.79 Å². The van der Waals surface area contributed by atoms with E-state index in [-0.39, 0.29) is 11.9 Å². The molecule has 14 heavy (non-hydrogen) atoms. The predicted octanol–water partition coefficient (Wildman–Crippen LogP) is 1.19. The van der Waals surface area contributed by atoms with E-state index in [1.165, 1.54) is 0 Å². The molecule has 0 radical (unpaired) electrons. The van der Waals surface area contributed by atoms with Crippen LogP contribution in [0.2, 0.25) is 0 Å². The van der Waals surface area contributed by atoms with Gasteiger partial charge in [-0.15, -0.1) is 0 Å². The van der Waals surface area contributed by atoms with Crippen molar-refractivity contribution < 1.29 is 4.79 Å². The molecule has 0 unspecified atom stereocenters. The third-order valence-corrected chi connectivity index (χ3v) is 3.12. The minimum atomic E-state index is 0.00361. The molecule has 0 aromatic carbocycles. The summed E-state index contributed by atoms with van der Waals surface area (Å²) in [5.41, 5.74) is 0.307. The normalized spacial score (nSPS) is 22.9. The minimum Gasteiger partial charge on any atom is -0.341 e. The Labute approximate surface area is 87.1 Å². The van der Waals surface area contributed by atoms with E-state index in [0.29, 0.717) is 5.41 Å². The first-order valence-corrected chi connectivity index (χ1v) is 5.29. The van der Waals surface area contributed by atoms with Gasteiger partial charge in [0.1, 0.15) is 0 Å². The van der Waals surface area contributed by atoms with Crippen LogP contribution >= 0.6 is 0 Å². The highest BCUT2D eigenvalue weighted by molar-refractivity contribution is 5.81. The number of hydrogen-bond donors (Lipinski definition) is 0. The first-order valence-electron chi connectivity index (χ1n) is 5.29. The maximum atomic E-state index is 12.0. The molecule has 3 nitrogen and oxygen atoms in total. The van der Waals surface area contributed by atoms with E-state index in [1.807, 2.05) is 30.8 Å². The van der Waals surface area contributed by atoms with Gasteiger partial charge in [0, 0.05) is 13.1 Å². The molecule has 0 spiro atoms. The van der Waals surface area contributed by atoms with Crippen LogP contribution < -0.4 is 0 Å². The van der Waals surface area contributed by atoms with Gasteiger partial charge in [-0.2, -0.15) is 0 Å². The van der Waals surface area contributed by atoms with Gasteiger partial charge >= 0.3 is 0 Å². The van der Waals surface area contributed by atoms with Gasteiger partial charge < -0.3 is 4.90 Å². The Balaban J connectivity index is 2.56. The molecule has 1 saturated heterocycles. The van der Waals surface area contributed by atoms with E-state index >= 15 is 0 Å². The zero-order valence-corrected chi connectivity index (χ0v) is 10.0. The highest BCUT2D eigenvalue weighted by atomic mass is 16.2. The van der Waals surface area contributed by atoms with Crippen LogP contribution in [0.1, 0.15) is 27.2 Å². The second kappa shape index (κ2) is 3.89. The SMILES string of the molecule is C[C@H](C(=O)N1CCC(C)(C)C1)N(C)C. The molecule has 1 fully saturated rings. The molecule has 0 aliphatic carbocycles. The molecule has 0 aromatic rings. The van der Waals surface area contributed by atoms with Crippen LogP contribution in [0.15, 0.2) is 0 Å². The smallest absolute Gasteiger partial charge is 0.239 e. The van der Waals surface area contributed by atoms with Crippen molar-refractivity contribution in [1.29, 1.82) is 0 Å². The molecule has 0 aromatic heterocycles. The first kappa shape index (κ1) is 11.5. The van der Waals surface area contributed by atoms with Crippen LogP contribution in [0.25, 0.3) is 0 Å². The number of carbonyl (C=O) groups excluding carboxylic acids is 1. The van der Waals surface area contributed by atoms with Crippen LogP contribution in [-0.4, -0.2) is 48.9 Å². The van der Waals surface area contributed by atoms with Gasteiger partial charge in [-0.05, 0) is 32.9 Å². The van der Waals surface area contributed by atoms with E-state index in [4.69, 9.17) is 0 Å². The molecule has 0 N–H and O–H groups in total. The summed E-state index contributed by atoms with van der Waals surface area (Å²) in [5.74, 6) is 0.264. The topological polar surface area (TPSA) is 23.6 Å². The zero-order chi connectivity index (χ0) is 10.9. The molecule has 0 bridgehead atoms. The first-order chi connectivity index (χ1) is 6.33. The van der Waals surface area contributed by atoms with Gasteiger partial charge in [-0.3, -0.25) is 9.69 Å². The Bertz CT molecular complexity index is 223. The number of likely N-dealkylation sites (tertiary alicyclic amines) is 1. The van der Waals surface area contributed by atoms with Crippen LogP contribution in [0.3, 0.4) is 0 Å². The predicted molar refractivity (Wildman–Crippen MR) is 58.1 cm³/mol. The lowest BCUT2D eigenvalue weighted by Crippen LogP contribution is -2.43. The third-order valence-electron chi connectivity index (χ3n) is 3.12.